The Morgan fingerprint density at radius 1 is 1.22 bits per heavy atom. The average molecular weight is 282 g/mol. The Balaban J connectivity index is 2.95. The summed E-state index contributed by atoms with van der Waals surface area (Å²) in [6, 6.07) is 6.41. The van der Waals surface area contributed by atoms with Crippen molar-refractivity contribution in [3.63, 3.8) is 0 Å². The van der Waals surface area contributed by atoms with Crippen LogP contribution in [0.2, 0.25) is 5.02 Å². The molecule has 0 spiro atoms. The summed E-state index contributed by atoms with van der Waals surface area (Å²) in [6.07, 6.45) is -3.98. The number of hydrogen-bond acceptors (Lipinski definition) is 2. The smallest absolute Gasteiger partial charge is 0.394 e. The monoisotopic (exact) mass is 281 g/mol. The Hall–Kier alpha value is -0.780. The Kier molecular flexibility index (Phi) is 5.01. The third-order valence-electron chi connectivity index (χ3n) is 2.90. The minimum Gasteiger partial charge on any atom is -0.394 e. The molecule has 1 aromatic carbocycles. The molecule has 6 heteroatoms. The summed E-state index contributed by atoms with van der Waals surface area (Å²) in [7, 11) is 0. The average Bonchev–Trinajstić information content (AvgIpc) is 2.32. The summed E-state index contributed by atoms with van der Waals surface area (Å²) >= 11 is 5.73. The third kappa shape index (κ3) is 3.86. The van der Waals surface area contributed by atoms with Crippen molar-refractivity contribution in [2.24, 2.45) is 0 Å². The van der Waals surface area contributed by atoms with Crippen LogP contribution in [0.15, 0.2) is 24.3 Å². The normalized spacial score (nSPS) is 15.4. The van der Waals surface area contributed by atoms with Crippen molar-refractivity contribution in [3.8, 4) is 0 Å². The Labute approximate surface area is 109 Å². The summed E-state index contributed by atoms with van der Waals surface area (Å²) in [6.45, 7) is 0.152. The van der Waals surface area contributed by atoms with Gasteiger partial charge in [-0.05, 0) is 24.1 Å². The van der Waals surface area contributed by atoms with E-state index in [-0.39, 0.29) is 0 Å². The van der Waals surface area contributed by atoms with E-state index in [9.17, 15) is 18.3 Å². The quantitative estimate of drug-likeness (QED) is 0.869. The summed E-state index contributed by atoms with van der Waals surface area (Å²) in [5.41, 5.74) is -0.513. The van der Waals surface area contributed by atoms with Gasteiger partial charge in [0.2, 0.25) is 0 Å². The standard InChI is InChI=1S/C12H15ClF3NO/c1-2-11(8-18,17-7-12(14,15)16)9-3-5-10(13)6-4-9/h3-6,17-18H,2,7-8H2,1H3. The van der Waals surface area contributed by atoms with Gasteiger partial charge in [-0.15, -0.1) is 0 Å². The maximum absolute atomic E-state index is 12.3. The van der Waals surface area contributed by atoms with E-state index in [1.54, 1.807) is 31.2 Å². The van der Waals surface area contributed by atoms with Gasteiger partial charge < -0.3 is 5.11 Å². The van der Waals surface area contributed by atoms with E-state index in [1.165, 1.54) is 0 Å². The van der Waals surface area contributed by atoms with Crippen LogP contribution in [0.25, 0.3) is 0 Å². The van der Waals surface area contributed by atoms with Crippen molar-refractivity contribution in [2.45, 2.75) is 25.1 Å². The SMILES string of the molecule is CCC(CO)(NCC(F)(F)F)c1ccc(Cl)cc1. The van der Waals surface area contributed by atoms with Gasteiger partial charge in [0, 0.05) is 5.02 Å². The van der Waals surface area contributed by atoms with E-state index in [0.29, 0.717) is 17.0 Å². The summed E-state index contributed by atoms with van der Waals surface area (Å²) in [5.74, 6) is 0. The highest BCUT2D eigenvalue weighted by molar-refractivity contribution is 6.30. The van der Waals surface area contributed by atoms with Gasteiger partial charge in [-0.1, -0.05) is 30.7 Å². The van der Waals surface area contributed by atoms with Crippen LogP contribution in [-0.2, 0) is 5.54 Å². The molecule has 1 atom stereocenters. The number of aliphatic hydroxyl groups is 1. The fourth-order valence-electron chi connectivity index (χ4n) is 1.73. The highest BCUT2D eigenvalue weighted by atomic mass is 35.5. The molecule has 0 aliphatic carbocycles. The second kappa shape index (κ2) is 5.91. The van der Waals surface area contributed by atoms with Gasteiger partial charge in [0.1, 0.15) is 0 Å². The lowest BCUT2D eigenvalue weighted by atomic mass is 9.88. The number of nitrogens with one attached hydrogen (secondary N) is 1. The fraction of sp³-hybridized carbons (Fsp3) is 0.500. The molecule has 0 radical (unpaired) electrons. The van der Waals surface area contributed by atoms with E-state index in [2.05, 4.69) is 5.32 Å². The lowest BCUT2D eigenvalue weighted by Gasteiger charge is -2.33. The molecule has 1 aromatic rings. The van der Waals surface area contributed by atoms with Crippen LogP contribution in [0.1, 0.15) is 18.9 Å². The molecule has 0 heterocycles. The van der Waals surface area contributed by atoms with Crippen molar-refractivity contribution in [2.75, 3.05) is 13.2 Å². The van der Waals surface area contributed by atoms with Crippen LogP contribution in [0, 0.1) is 0 Å². The number of aliphatic hydroxyl groups excluding tert-OH is 1. The Bertz CT molecular complexity index is 374. The zero-order chi connectivity index (χ0) is 13.8. The van der Waals surface area contributed by atoms with Crippen molar-refractivity contribution >= 4 is 11.6 Å². The highest BCUT2D eigenvalue weighted by Crippen LogP contribution is 2.27. The molecule has 102 valence electrons. The van der Waals surface area contributed by atoms with Crippen molar-refractivity contribution in [3.05, 3.63) is 34.9 Å². The molecule has 0 aromatic heterocycles. The molecule has 1 rings (SSSR count). The van der Waals surface area contributed by atoms with Gasteiger partial charge in [-0.2, -0.15) is 13.2 Å². The van der Waals surface area contributed by atoms with Crippen LogP contribution in [0.5, 0.6) is 0 Å². The summed E-state index contributed by atoms with van der Waals surface area (Å²) in [5, 5.41) is 12.3. The molecule has 0 aliphatic rings. The maximum atomic E-state index is 12.3. The zero-order valence-corrected chi connectivity index (χ0v) is 10.6. The van der Waals surface area contributed by atoms with E-state index in [0.717, 1.165) is 0 Å². The largest absolute Gasteiger partial charge is 0.401 e. The molecule has 0 saturated carbocycles. The van der Waals surface area contributed by atoms with Gasteiger partial charge in [0.15, 0.2) is 0 Å². The summed E-state index contributed by atoms with van der Waals surface area (Å²) < 4.78 is 36.8. The second-order valence-electron chi connectivity index (χ2n) is 4.07. The number of alkyl halides is 3. The lowest BCUT2D eigenvalue weighted by molar-refractivity contribution is -0.130. The number of hydrogen-bond donors (Lipinski definition) is 2. The zero-order valence-electron chi connectivity index (χ0n) is 9.89. The molecule has 1 unspecified atom stereocenters. The van der Waals surface area contributed by atoms with Crippen LogP contribution >= 0.6 is 11.6 Å². The molecular weight excluding hydrogens is 267 g/mol. The van der Waals surface area contributed by atoms with Gasteiger partial charge >= 0.3 is 6.18 Å². The van der Waals surface area contributed by atoms with Gasteiger partial charge in [0.25, 0.3) is 0 Å². The Morgan fingerprint density at radius 3 is 2.17 bits per heavy atom. The van der Waals surface area contributed by atoms with E-state index in [4.69, 9.17) is 11.6 Å². The van der Waals surface area contributed by atoms with Gasteiger partial charge in [-0.3, -0.25) is 5.32 Å². The molecule has 0 aliphatic heterocycles. The first kappa shape index (κ1) is 15.3. The van der Waals surface area contributed by atoms with Crippen LogP contribution in [-0.4, -0.2) is 24.4 Å². The third-order valence-corrected chi connectivity index (χ3v) is 3.15. The van der Waals surface area contributed by atoms with E-state index in [1.807, 2.05) is 0 Å². The first-order valence-electron chi connectivity index (χ1n) is 5.51. The van der Waals surface area contributed by atoms with E-state index < -0.39 is 24.9 Å². The molecule has 0 saturated heterocycles. The lowest BCUT2D eigenvalue weighted by Crippen LogP contribution is -2.48. The molecular formula is C12H15ClF3NO. The molecule has 2 N–H and O–H groups in total. The first-order valence-corrected chi connectivity index (χ1v) is 5.89. The van der Waals surface area contributed by atoms with Gasteiger partial charge in [-0.25, -0.2) is 0 Å². The van der Waals surface area contributed by atoms with Crippen LogP contribution in [0.3, 0.4) is 0 Å². The topological polar surface area (TPSA) is 32.3 Å². The van der Waals surface area contributed by atoms with Gasteiger partial charge in [0.05, 0.1) is 18.7 Å². The molecule has 0 amide bonds. The second-order valence-corrected chi connectivity index (χ2v) is 4.51. The Morgan fingerprint density at radius 2 is 1.78 bits per heavy atom. The predicted molar refractivity (Wildman–Crippen MR) is 64.6 cm³/mol. The highest BCUT2D eigenvalue weighted by Gasteiger charge is 2.35. The maximum Gasteiger partial charge on any atom is 0.401 e. The van der Waals surface area contributed by atoms with E-state index >= 15 is 0 Å². The van der Waals surface area contributed by atoms with Crippen LogP contribution in [0.4, 0.5) is 13.2 Å². The van der Waals surface area contributed by atoms with Crippen molar-refractivity contribution in [1.82, 2.24) is 5.32 Å². The number of rotatable bonds is 5. The molecule has 18 heavy (non-hydrogen) atoms. The molecule has 2 nitrogen and oxygen atoms in total. The number of benzene rings is 1. The first-order chi connectivity index (χ1) is 8.33. The number of halogens is 4. The molecule has 0 bridgehead atoms. The van der Waals surface area contributed by atoms with Crippen molar-refractivity contribution < 1.29 is 18.3 Å². The summed E-state index contributed by atoms with van der Waals surface area (Å²) in [4.78, 5) is 0. The minimum absolute atomic E-state index is 0.335. The van der Waals surface area contributed by atoms with Crippen molar-refractivity contribution in [1.29, 1.82) is 0 Å². The predicted octanol–water partition coefficient (Wildman–Crippen LogP) is 3.09. The van der Waals surface area contributed by atoms with Crippen LogP contribution < -0.4 is 5.32 Å². The fourth-order valence-corrected chi connectivity index (χ4v) is 1.85. The minimum atomic E-state index is -4.32. The molecule has 0 fully saturated rings.